The van der Waals surface area contributed by atoms with Gasteiger partial charge in [-0.05, 0) is 13.6 Å². The Morgan fingerprint density at radius 3 is 2.91 bits per heavy atom. The van der Waals surface area contributed by atoms with Gasteiger partial charge < -0.3 is 11.1 Å². The third-order valence-electron chi connectivity index (χ3n) is 1.35. The van der Waals surface area contributed by atoms with E-state index in [4.69, 9.17) is 5.73 Å². The quantitative estimate of drug-likeness (QED) is 0.575. The monoisotopic (exact) mass is 224 g/mol. The van der Waals surface area contributed by atoms with Crippen molar-refractivity contribution in [3.05, 3.63) is 29.8 Å². The van der Waals surface area contributed by atoms with Crippen molar-refractivity contribution in [2.24, 2.45) is 0 Å². The molecular formula is C8H11N2Y+2. The van der Waals surface area contributed by atoms with Gasteiger partial charge in [-0.2, -0.15) is 18.2 Å². The van der Waals surface area contributed by atoms with Gasteiger partial charge in [-0.1, -0.05) is 5.69 Å². The first-order chi connectivity index (χ1) is 4.84. The minimum atomic E-state index is 0. The fourth-order valence-corrected chi connectivity index (χ4v) is 0.821. The summed E-state index contributed by atoms with van der Waals surface area (Å²) in [5, 5.41) is 3.02. The summed E-state index contributed by atoms with van der Waals surface area (Å²) < 4.78 is 0. The molecule has 0 amide bonds. The SMILES string of the molecule is CNCc1c[c-]ccc1N.[Y+3]. The third-order valence-corrected chi connectivity index (χ3v) is 1.35. The Morgan fingerprint density at radius 2 is 2.36 bits per heavy atom. The molecule has 1 rings (SSSR count). The second kappa shape index (κ2) is 5.70. The van der Waals surface area contributed by atoms with Gasteiger partial charge in [0.05, 0.1) is 0 Å². The fourth-order valence-electron chi connectivity index (χ4n) is 0.821. The Balaban J connectivity index is 0.000001000. The minimum Gasteiger partial charge on any atom is -0.419 e. The summed E-state index contributed by atoms with van der Waals surface area (Å²) in [6.45, 7) is 0.809. The van der Waals surface area contributed by atoms with Crippen LogP contribution in [0.5, 0.6) is 0 Å². The number of hydrogen-bond donors (Lipinski definition) is 2. The predicted molar refractivity (Wildman–Crippen MR) is 42.5 cm³/mol. The topological polar surface area (TPSA) is 38.0 Å². The summed E-state index contributed by atoms with van der Waals surface area (Å²) in [4.78, 5) is 0. The van der Waals surface area contributed by atoms with Crippen LogP contribution in [0.3, 0.4) is 0 Å². The van der Waals surface area contributed by atoms with Crippen LogP contribution in [0, 0.1) is 6.07 Å². The maximum Gasteiger partial charge on any atom is 3.00 e. The van der Waals surface area contributed by atoms with E-state index in [2.05, 4.69) is 11.4 Å². The zero-order valence-electron chi connectivity index (χ0n) is 6.59. The molecule has 0 fully saturated rings. The van der Waals surface area contributed by atoms with Crippen molar-refractivity contribution in [1.82, 2.24) is 5.32 Å². The van der Waals surface area contributed by atoms with Crippen LogP contribution in [-0.2, 0) is 39.3 Å². The van der Waals surface area contributed by atoms with E-state index in [0.717, 1.165) is 17.8 Å². The van der Waals surface area contributed by atoms with Crippen molar-refractivity contribution in [2.45, 2.75) is 6.54 Å². The number of nitrogens with two attached hydrogens (primary N) is 1. The molecule has 1 aromatic carbocycles. The van der Waals surface area contributed by atoms with Crippen molar-refractivity contribution in [3.63, 3.8) is 0 Å². The van der Waals surface area contributed by atoms with Gasteiger partial charge >= 0.3 is 32.7 Å². The number of anilines is 1. The third kappa shape index (κ3) is 3.32. The van der Waals surface area contributed by atoms with Gasteiger partial charge in [0.1, 0.15) is 0 Å². The first-order valence-corrected chi connectivity index (χ1v) is 3.23. The molecule has 0 unspecified atom stereocenters. The molecule has 0 heterocycles. The van der Waals surface area contributed by atoms with Crippen LogP contribution in [0.15, 0.2) is 18.2 Å². The van der Waals surface area contributed by atoms with Crippen LogP contribution in [0.25, 0.3) is 0 Å². The predicted octanol–water partition coefficient (Wildman–Crippen LogP) is 0.786. The van der Waals surface area contributed by atoms with E-state index in [0.29, 0.717) is 0 Å². The van der Waals surface area contributed by atoms with Crippen LogP contribution in [-0.4, -0.2) is 7.05 Å². The number of benzene rings is 1. The minimum absolute atomic E-state index is 0. The Hall–Kier alpha value is 0.0839. The van der Waals surface area contributed by atoms with Gasteiger partial charge in [-0.3, -0.25) is 0 Å². The molecule has 0 saturated carbocycles. The summed E-state index contributed by atoms with van der Waals surface area (Å²) in [5.41, 5.74) is 7.58. The zero-order chi connectivity index (χ0) is 7.40. The molecule has 0 saturated heterocycles. The maximum absolute atomic E-state index is 5.65. The van der Waals surface area contributed by atoms with E-state index in [-0.39, 0.29) is 32.7 Å². The number of nitrogen functional groups attached to an aromatic ring is 1. The Kier molecular flexibility index (Phi) is 5.74. The zero-order valence-corrected chi connectivity index (χ0v) is 9.43. The second-order valence-electron chi connectivity index (χ2n) is 2.16. The first-order valence-electron chi connectivity index (χ1n) is 3.23. The van der Waals surface area contributed by atoms with Crippen molar-refractivity contribution in [1.29, 1.82) is 0 Å². The molecule has 0 aromatic heterocycles. The molecule has 2 nitrogen and oxygen atoms in total. The van der Waals surface area contributed by atoms with Crippen molar-refractivity contribution < 1.29 is 32.7 Å². The summed E-state index contributed by atoms with van der Waals surface area (Å²) in [5.74, 6) is 0. The molecule has 54 valence electrons. The Bertz CT molecular complexity index is 213. The summed E-state index contributed by atoms with van der Waals surface area (Å²) in [6.07, 6.45) is 0. The summed E-state index contributed by atoms with van der Waals surface area (Å²) >= 11 is 0. The molecule has 0 aliphatic heterocycles. The van der Waals surface area contributed by atoms with E-state index in [9.17, 15) is 0 Å². The van der Waals surface area contributed by atoms with E-state index in [1.165, 1.54) is 0 Å². The molecule has 11 heavy (non-hydrogen) atoms. The molecule has 3 heteroatoms. The smallest absolute Gasteiger partial charge is 0.419 e. The van der Waals surface area contributed by atoms with Crippen molar-refractivity contribution in [3.8, 4) is 0 Å². The molecular weight excluding hydrogens is 213 g/mol. The largest absolute Gasteiger partial charge is 3.00 e. The van der Waals surface area contributed by atoms with Crippen LogP contribution in [0.1, 0.15) is 5.56 Å². The molecule has 0 aliphatic rings. The van der Waals surface area contributed by atoms with Crippen LogP contribution in [0.2, 0.25) is 0 Å². The molecule has 1 aromatic rings. The van der Waals surface area contributed by atoms with Gasteiger partial charge in [0.15, 0.2) is 0 Å². The molecule has 0 radical (unpaired) electrons. The average Bonchev–Trinajstić information content (AvgIpc) is 1.94. The van der Waals surface area contributed by atoms with Gasteiger partial charge in [0.25, 0.3) is 0 Å². The van der Waals surface area contributed by atoms with E-state index < -0.39 is 0 Å². The van der Waals surface area contributed by atoms with Crippen LogP contribution >= 0.6 is 0 Å². The maximum atomic E-state index is 5.65. The number of rotatable bonds is 2. The van der Waals surface area contributed by atoms with Gasteiger partial charge in [-0.25, -0.2) is 0 Å². The number of nitrogens with one attached hydrogen (secondary N) is 1. The Morgan fingerprint density at radius 1 is 1.64 bits per heavy atom. The standard InChI is InChI=1S/C8H11N2.Y/c1-10-6-7-4-2-3-5-8(7)9;/h3-5,10H,6,9H2,1H3;/q-1;+3. The van der Waals surface area contributed by atoms with Gasteiger partial charge in [0, 0.05) is 0 Å². The normalized spacial score (nSPS) is 8.82. The Labute approximate surface area is 92.4 Å². The average molecular weight is 224 g/mol. The molecule has 0 bridgehead atoms. The van der Waals surface area contributed by atoms with Crippen molar-refractivity contribution in [2.75, 3.05) is 12.8 Å². The molecule has 3 N–H and O–H groups in total. The van der Waals surface area contributed by atoms with Crippen molar-refractivity contribution >= 4 is 5.69 Å². The van der Waals surface area contributed by atoms with E-state index in [1.807, 2.05) is 25.2 Å². The fraction of sp³-hybridized carbons (Fsp3) is 0.250. The molecule has 0 spiro atoms. The van der Waals surface area contributed by atoms with Crippen LogP contribution in [0.4, 0.5) is 5.69 Å². The van der Waals surface area contributed by atoms with E-state index >= 15 is 0 Å². The molecule has 0 aliphatic carbocycles. The van der Waals surface area contributed by atoms with E-state index in [1.54, 1.807) is 0 Å². The van der Waals surface area contributed by atoms with Gasteiger partial charge in [-0.15, -0.1) is 11.6 Å². The second-order valence-corrected chi connectivity index (χ2v) is 2.16. The summed E-state index contributed by atoms with van der Waals surface area (Å²) in [6, 6.07) is 8.53. The van der Waals surface area contributed by atoms with Crippen LogP contribution < -0.4 is 11.1 Å². The first kappa shape index (κ1) is 11.1. The molecule has 0 atom stereocenters. The summed E-state index contributed by atoms with van der Waals surface area (Å²) in [7, 11) is 1.90. The number of hydrogen-bond acceptors (Lipinski definition) is 2. The van der Waals surface area contributed by atoms with Gasteiger partial charge in [0.2, 0.25) is 0 Å².